The number of halogens is 2. The molecule has 29 heavy (non-hydrogen) atoms. The van der Waals surface area contributed by atoms with E-state index in [2.05, 4.69) is 29.5 Å². The fourth-order valence-corrected chi connectivity index (χ4v) is 4.37. The molecule has 0 bridgehead atoms. The van der Waals surface area contributed by atoms with Gasteiger partial charge in [-0.15, -0.1) is 0 Å². The number of imide groups is 1. The fraction of sp³-hybridized carbons (Fsp3) is 0.238. The van der Waals surface area contributed by atoms with Gasteiger partial charge in [0, 0.05) is 5.02 Å². The number of amides is 2. The molecule has 1 saturated heterocycles. The maximum atomic E-state index is 12.8. The van der Waals surface area contributed by atoms with Gasteiger partial charge in [-0.3, -0.25) is 9.59 Å². The second kappa shape index (κ2) is 9.40. The fourth-order valence-electron chi connectivity index (χ4n) is 2.65. The van der Waals surface area contributed by atoms with E-state index >= 15 is 0 Å². The van der Waals surface area contributed by atoms with Crippen molar-refractivity contribution in [2.45, 2.75) is 26.4 Å². The number of anilines is 1. The van der Waals surface area contributed by atoms with Crippen molar-refractivity contribution in [1.29, 1.82) is 0 Å². The van der Waals surface area contributed by atoms with Gasteiger partial charge in [0.05, 0.1) is 27.4 Å². The van der Waals surface area contributed by atoms with Crippen LogP contribution in [0, 0.1) is 3.57 Å². The molecule has 0 N–H and O–H groups in total. The minimum absolute atomic E-state index is 0.0548. The summed E-state index contributed by atoms with van der Waals surface area (Å²) in [4.78, 5) is 26.7. The molecule has 152 valence electrons. The molecule has 3 rings (SSSR count). The zero-order valence-electron chi connectivity index (χ0n) is 16.1. The lowest BCUT2D eigenvalue weighted by Crippen LogP contribution is -2.27. The summed E-state index contributed by atoms with van der Waals surface area (Å²) in [5, 5.41) is 0.194. The van der Waals surface area contributed by atoms with E-state index in [4.69, 9.17) is 21.1 Å². The standard InChI is InChI=1S/C21H19ClINO4S/c1-4-12(2)28-19-16(23)9-13(10-17(19)27-3)11-18-20(25)24(21(26)29-18)15-7-5-14(22)6-8-15/h5-12H,4H2,1-3H3/b18-11+/t12-/m1/s1. The van der Waals surface area contributed by atoms with E-state index in [0.29, 0.717) is 27.1 Å². The second-order valence-corrected chi connectivity index (χ2v) is 8.96. The molecule has 1 atom stereocenters. The maximum Gasteiger partial charge on any atom is 0.298 e. The first kappa shape index (κ1) is 22.0. The molecule has 8 heteroatoms. The summed E-state index contributed by atoms with van der Waals surface area (Å²) in [6, 6.07) is 10.3. The third-order valence-corrected chi connectivity index (χ3v) is 6.24. The average molecular weight is 544 g/mol. The van der Waals surface area contributed by atoms with Crippen molar-refractivity contribution in [2.75, 3.05) is 12.0 Å². The SMILES string of the molecule is CC[C@@H](C)Oc1c(I)cc(/C=C2/SC(=O)N(c3ccc(Cl)cc3)C2=O)cc1OC. The highest BCUT2D eigenvalue weighted by Gasteiger charge is 2.36. The Kier molecular flexibility index (Phi) is 7.13. The van der Waals surface area contributed by atoms with Gasteiger partial charge in [-0.25, -0.2) is 4.90 Å². The Labute approximate surface area is 192 Å². The first-order chi connectivity index (χ1) is 13.8. The van der Waals surface area contributed by atoms with Gasteiger partial charge in [-0.1, -0.05) is 18.5 Å². The quantitative estimate of drug-likeness (QED) is 0.313. The first-order valence-electron chi connectivity index (χ1n) is 8.91. The van der Waals surface area contributed by atoms with Crippen LogP contribution >= 0.6 is 46.0 Å². The number of hydrogen-bond donors (Lipinski definition) is 0. The van der Waals surface area contributed by atoms with Gasteiger partial charge < -0.3 is 9.47 Å². The summed E-state index contributed by atoms with van der Waals surface area (Å²) in [6.45, 7) is 4.05. The number of carbonyl (C=O) groups is 2. The van der Waals surface area contributed by atoms with Crippen LogP contribution in [0.1, 0.15) is 25.8 Å². The summed E-state index contributed by atoms with van der Waals surface area (Å²) in [7, 11) is 1.58. The molecule has 2 aromatic carbocycles. The zero-order valence-corrected chi connectivity index (χ0v) is 19.8. The first-order valence-corrected chi connectivity index (χ1v) is 11.2. The van der Waals surface area contributed by atoms with Crippen LogP contribution in [0.15, 0.2) is 41.3 Å². The molecule has 0 radical (unpaired) electrons. The van der Waals surface area contributed by atoms with Crippen molar-refractivity contribution in [3.05, 3.63) is 55.5 Å². The monoisotopic (exact) mass is 543 g/mol. The number of benzene rings is 2. The molecule has 0 aromatic heterocycles. The minimum Gasteiger partial charge on any atom is -0.493 e. The number of methoxy groups -OCH3 is 1. The van der Waals surface area contributed by atoms with Gasteiger partial charge in [-0.05, 0) is 95.7 Å². The Balaban J connectivity index is 1.92. The van der Waals surface area contributed by atoms with Gasteiger partial charge in [-0.2, -0.15) is 0 Å². The number of nitrogens with zero attached hydrogens (tertiary/aromatic N) is 1. The summed E-state index contributed by atoms with van der Waals surface area (Å²) in [6.07, 6.45) is 2.62. The number of hydrogen-bond acceptors (Lipinski definition) is 5. The molecule has 0 saturated carbocycles. The van der Waals surface area contributed by atoms with Crippen LogP contribution in [0.5, 0.6) is 11.5 Å². The molecule has 1 aliphatic heterocycles. The highest BCUT2D eigenvalue weighted by atomic mass is 127. The van der Waals surface area contributed by atoms with E-state index < -0.39 is 0 Å². The summed E-state index contributed by atoms with van der Waals surface area (Å²) in [5.74, 6) is 0.894. The number of ether oxygens (including phenoxy) is 2. The Hall–Kier alpha value is -1.71. The van der Waals surface area contributed by atoms with E-state index in [-0.39, 0.29) is 17.3 Å². The Morgan fingerprint density at radius 1 is 1.24 bits per heavy atom. The molecule has 1 fully saturated rings. The van der Waals surface area contributed by atoms with Crippen LogP contribution in [0.3, 0.4) is 0 Å². The summed E-state index contributed by atoms with van der Waals surface area (Å²) < 4.78 is 12.3. The van der Waals surface area contributed by atoms with Crippen LogP contribution in [0.4, 0.5) is 10.5 Å². The molecule has 1 aliphatic rings. The smallest absolute Gasteiger partial charge is 0.298 e. The third-order valence-electron chi connectivity index (χ3n) is 4.32. The molecule has 1 heterocycles. The van der Waals surface area contributed by atoms with E-state index in [9.17, 15) is 9.59 Å². The van der Waals surface area contributed by atoms with Crippen molar-refractivity contribution < 1.29 is 19.1 Å². The van der Waals surface area contributed by atoms with Crippen molar-refractivity contribution >= 4 is 68.9 Å². The lowest BCUT2D eigenvalue weighted by Gasteiger charge is -2.17. The minimum atomic E-state index is -0.365. The highest BCUT2D eigenvalue weighted by molar-refractivity contribution is 14.1. The molecule has 5 nitrogen and oxygen atoms in total. The molecule has 0 spiro atoms. The lowest BCUT2D eigenvalue weighted by molar-refractivity contribution is -0.113. The predicted molar refractivity (Wildman–Crippen MR) is 126 cm³/mol. The molecular formula is C21H19ClINO4S. The van der Waals surface area contributed by atoms with E-state index in [1.165, 1.54) is 0 Å². The van der Waals surface area contributed by atoms with E-state index in [0.717, 1.165) is 32.2 Å². The highest BCUT2D eigenvalue weighted by Crippen LogP contribution is 2.39. The summed E-state index contributed by atoms with van der Waals surface area (Å²) in [5.41, 5.74) is 1.24. The molecule has 2 amide bonds. The molecule has 2 aromatic rings. The van der Waals surface area contributed by atoms with Crippen LogP contribution in [0.2, 0.25) is 5.02 Å². The average Bonchev–Trinajstić information content (AvgIpc) is 2.97. The number of thioether (sulfide) groups is 1. The van der Waals surface area contributed by atoms with Crippen LogP contribution < -0.4 is 14.4 Å². The normalized spacial score (nSPS) is 16.4. The van der Waals surface area contributed by atoms with Gasteiger partial charge in [0.25, 0.3) is 11.1 Å². The Morgan fingerprint density at radius 2 is 1.93 bits per heavy atom. The lowest BCUT2D eigenvalue weighted by atomic mass is 10.1. The van der Waals surface area contributed by atoms with Crippen LogP contribution in [0.25, 0.3) is 6.08 Å². The van der Waals surface area contributed by atoms with Gasteiger partial charge >= 0.3 is 0 Å². The predicted octanol–water partition coefficient (Wildman–Crippen LogP) is 6.37. The van der Waals surface area contributed by atoms with E-state index in [1.807, 2.05) is 13.0 Å². The van der Waals surface area contributed by atoms with Crippen molar-refractivity contribution in [2.24, 2.45) is 0 Å². The van der Waals surface area contributed by atoms with Crippen LogP contribution in [-0.4, -0.2) is 24.4 Å². The third kappa shape index (κ3) is 4.90. The van der Waals surface area contributed by atoms with Gasteiger partial charge in [0.15, 0.2) is 11.5 Å². The van der Waals surface area contributed by atoms with Crippen molar-refractivity contribution in [1.82, 2.24) is 0 Å². The zero-order chi connectivity index (χ0) is 21.1. The van der Waals surface area contributed by atoms with Crippen molar-refractivity contribution in [3.63, 3.8) is 0 Å². The largest absolute Gasteiger partial charge is 0.493 e. The Morgan fingerprint density at radius 3 is 2.55 bits per heavy atom. The Bertz CT molecular complexity index is 977. The van der Waals surface area contributed by atoms with Gasteiger partial charge in [0.1, 0.15) is 0 Å². The topological polar surface area (TPSA) is 55.8 Å². The van der Waals surface area contributed by atoms with E-state index in [1.54, 1.807) is 43.5 Å². The number of carbonyl (C=O) groups excluding carboxylic acids is 2. The summed E-state index contributed by atoms with van der Waals surface area (Å²) >= 11 is 8.98. The maximum absolute atomic E-state index is 12.8. The van der Waals surface area contributed by atoms with Crippen molar-refractivity contribution in [3.8, 4) is 11.5 Å². The second-order valence-electron chi connectivity index (χ2n) is 6.36. The molecular weight excluding hydrogens is 525 g/mol. The van der Waals surface area contributed by atoms with Gasteiger partial charge in [0.2, 0.25) is 0 Å². The van der Waals surface area contributed by atoms with Crippen LogP contribution in [-0.2, 0) is 4.79 Å². The molecule has 0 aliphatic carbocycles. The molecule has 0 unspecified atom stereocenters. The number of rotatable bonds is 6.